The molecule has 0 aromatic rings. The van der Waals surface area contributed by atoms with Crippen LogP contribution in [-0.4, -0.2) is 89.2 Å². The van der Waals surface area contributed by atoms with Gasteiger partial charge in [-0.2, -0.15) is 0 Å². The zero-order valence-corrected chi connectivity index (χ0v) is 44.7. The van der Waals surface area contributed by atoms with Crippen molar-refractivity contribution in [2.75, 3.05) is 13.2 Å². The maximum absolute atomic E-state index is 13.1. The van der Waals surface area contributed by atoms with Crippen LogP contribution in [-0.2, 0) is 42.9 Å². The molecule has 12 nitrogen and oxygen atoms in total. The number of carboxylic acid groups (broad SMARTS) is 1. The van der Waals surface area contributed by atoms with Gasteiger partial charge in [-0.15, -0.1) is 0 Å². The number of aliphatic hydroxyl groups is 2. The van der Waals surface area contributed by atoms with E-state index < -0.39 is 67.3 Å². The Balaban J connectivity index is 2.73. The number of carboxylic acids is 1. The van der Waals surface area contributed by atoms with Gasteiger partial charge in [0.15, 0.2) is 24.6 Å². The van der Waals surface area contributed by atoms with Crippen molar-refractivity contribution in [1.82, 2.24) is 0 Å². The second-order valence-electron chi connectivity index (χ2n) is 19.2. The molecule has 408 valence electrons. The van der Waals surface area contributed by atoms with Crippen LogP contribution in [0.25, 0.3) is 0 Å². The maximum Gasteiger partial charge on any atom is 0.335 e. The number of unbranched alkanes of at least 4 members (excludes halogenated alkanes) is 23. The molecular weight excluding hydrogens is 901 g/mol. The highest BCUT2D eigenvalue weighted by Crippen LogP contribution is 2.26. The molecule has 0 aliphatic carbocycles. The first-order chi connectivity index (χ1) is 34.6. The van der Waals surface area contributed by atoms with Crippen molar-refractivity contribution in [2.24, 2.45) is 0 Å². The molecular formula is C59H100O12. The lowest BCUT2D eigenvalue weighted by Crippen LogP contribution is -2.61. The molecule has 6 unspecified atom stereocenters. The molecule has 71 heavy (non-hydrogen) atoms. The lowest BCUT2D eigenvalue weighted by Gasteiger charge is -2.40. The highest BCUT2D eigenvalue weighted by molar-refractivity contribution is 5.74. The van der Waals surface area contributed by atoms with E-state index in [0.29, 0.717) is 19.3 Å². The summed E-state index contributed by atoms with van der Waals surface area (Å²) in [6.07, 6.45) is 44.8. The smallest absolute Gasteiger partial charge is 0.335 e. The number of carbonyl (C=O) groups is 4. The molecule has 1 fully saturated rings. The van der Waals surface area contributed by atoms with E-state index in [1.54, 1.807) is 0 Å². The number of allylic oxidation sites excluding steroid dienone is 10. The van der Waals surface area contributed by atoms with Crippen molar-refractivity contribution in [3.8, 4) is 0 Å². The quantitative estimate of drug-likeness (QED) is 0.0228. The average molecular weight is 1000 g/mol. The SMILES string of the molecule is CC/C=C\C/C=C\C/C=C\CCCCCCCC(=O)OCC(COC1OC(C(=O)O)C(O)C(O)C1OC(=O)CCCCCCCCCCCCC)OC(=O)CCCCCCC/C=C\C/C=C\CCCCC. The standard InChI is InChI=1S/C59H100O12/c1-4-7-10-13-16-19-22-24-26-28-31-33-36-39-42-45-51(60)67-48-50(69-52(61)46-43-40-37-35-32-29-27-25-23-20-17-14-11-8-5-2)49-68-59-57(55(64)54(63)56(71-59)58(65)66)70-53(62)47-44-41-38-34-30-21-18-15-12-9-6-3/h7,10,16-17,19-20,24-27,50,54-57,59,63-64H,4-6,8-9,11-15,18,21-23,28-49H2,1-3H3,(H,65,66)/b10-7-,19-16-,20-17-,26-24-,27-25-. The van der Waals surface area contributed by atoms with Gasteiger partial charge in [0, 0.05) is 19.3 Å². The van der Waals surface area contributed by atoms with E-state index >= 15 is 0 Å². The summed E-state index contributed by atoms with van der Waals surface area (Å²) in [6, 6.07) is 0. The fourth-order valence-electron chi connectivity index (χ4n) is 8.24. The van der Waals surface area contributed by atoms with Crippen LogP contribution < -0.4 is 0 Å². The second-order valence-corrected chi connectivity index (χ2v) is 19.2. The number of ether oxygens (including phenoxy) is 5. The van der Waals surface area contributed by atoms with Gasteiger partial charge in [0.2, 0.25) is 0 Å². The number of hydrogen-bond donors (Lipinski definition) is 3. The fourth-order valence-corrected chi connectivity index (χ4v) is 8.24. The number of aliphatic hydroxyl groups excluding tert-OH is 2. The molecule has 0 bridgehead atoms. The summed E-state index contributed by atoms with van der Waals surface area (Å²) < 4.78 is 28.3. The van der Waals surface area contributed by atoms with Gasteiger partial charge in [-0.25, -0.2) is 4.79 Å². The Morgan fingerprint density at radius 1 is 0.479 bits per heavy atom. The molecule has 0 amide bonds. The minimum Gasteiger partial charge on any atom is -0.479 e. The minimum absolute atomic E-state index is 0.0585. The van der Waals surface area contributed by atoms with Gasteiger partial charge in [-0.3, -0.25) is 14.4 Å². The van der Waals surface area contributed by atoms with E-state index in [-0.39, 0.29) is 25.9 Å². The van der Waals surface area contributed by atoms with Crippen molar-refractivity contribution in [1.29, 1.82) is 0 Å². The molecule has 1 rings (SSSR count). The number of esters is 3. The van der Waals surface area contributed by atoms with Gasteiger partial charge >= 0.3 is 23.9 Å². The Morgan fingerprint density at radius 2 is 0.887 bits per heavy atom. The number of carbonyl (C=O) groups excluding carboxylic acids is 3. The molecule has 1 aliphatic heterocycles. The first-order valence-electron chi connectivity index (χ1n) is 28.3. The van der Waals surface area contributed by atoms with E-state index in [1.807, 2.05) is 0 Å². The molecule has 0 spiro atoms. The molecule has 1 aliphatic rings. The summed E-state index contributed by atoms with van der Waals surface area (Å²) in [6.45, 7) is 5.81. The van der Waals surface area contributed by atoms with E-state index in [4.69, 9.17) is 23.7 Å². The number of aliphatic carboxylic acids is 1. The molecule has 6 atom stereocenters. The number of rotatable bonds is 47. The van der Waals surface area contributed by atoms with Crippen molar-refractivity contribution in [2.45, 2.75) is 276 Å². The summed E-state index contributed by atoms with van der Waals surface area (Å²) >= 11 is 0. The molecule has 0 aromatic heterocycles. The van der Waals surface area contributed by atoms with Crippen molar-refractivity contribution < 1.29 is 58.2 Å². The van der Waals surface area contributed by atoms with Gasteiger partial charge in [-0.05, 0) is 83.5 Å². The highest BCUT2D eigenvalue weighted by Gasteiger charge is 2.50. The first kappa shape index (κ1) is 65.4. The van der Waals surface area contributed by atoms with E-state index in [2.05, 4.69) is 81.5 Å². The van der Waals surface area contributed by atoms with Gasteiger partial charge in [0.05, 0.1) is 6.61 Å². The number of hydrogen-bond acceptors (Lipinski definition) is 11. The summed E-state index contributed by atoms with van der Waals surface area (Å²) in [7, 11) is 0. The van der Waals surface area contributed by atoms with Crippen LogP contribution >= 0.6 is 0 Å². The zero-order valence-electron chi connectivity index (χ0n) is 44.7. The maximum atomic E-state index is 13.1. The van der Waals surface area contributed by atoms with E-state index in [1.165, 1.54) is 57.8 Å². The first-order valence-corrected chi connectivity index (χ1v) is 28.3. The molecule has 1 saturated heterocycles. The third-order valence-corrected chi connectivity index (χ3v) is 12.6. The largest absolute Gasteiger partial charge is 0.479 e. The van der Waals surface area contributed by atoms with Gasteiger partial charge in [0.1, 0.15) is 18.8 Å². The van der Waals surface area contributed by atoms with Crippen LogP contribution in [0.3, 0.4) is 0 Å². The summed E-state index contributed by atoms with van der Waals surface area (Å²) in [5.74, 6) is -3.15. The molecule has 0 radical (unpaired) electrons. The average Bonchev–Trinajstić information content (AvgIpc) is 3.35. The molecule has 1 heterocycles. The Hall–Kier alpha value is -3.58. The summed E-state index contributed by atoms with van der Waals surface area (Å²) in [5.41, 5.74) is 0. The molecule has 0 aromatic carbocycles. The summed E-state index contributed by atoms with van der Waals surface area (Å²) in [4.78, 5) is 51.0. The van der Waals surface area contributed by atoms with Crippen LogP contribution in [0.2, 0.25) is 0 Å². The van der Waals surface area contributed by atoms with Crippen molar-refractivity contribution in [3.63, 3.8) is 0 Å². The third kappa shape index (κ3) is 37.8. The monoisotopic (exact) mass is 1000 g/mol. The molecule has 12 heteroatoms. The second kappa shape index (κ2) is 47.4. The lowest BCUT2D eigenvalue weighted by atomic mass is 9.98. The third-order valence-electron chi connectivity index (χ3n) is 12.6. The van der Waals surface area contributed by atoms with Crippen LogP contribution in [0.4, 0.5) is 0 Å². The van der Waals surface area contributed by atoms with Gasteiger partial charge < -0.3 is 39.0 Å². The van der Waals surface area contributed by atoms with Crippen LogP contribution in [0.1, 0.15) is 239 Å². The van der Waals surface area contributed by atoms with Crippen molar-refractivity contribution in [3.05, 3.63) is 60.8 Å². The Morgan fingerprint density at radius 3 is 1.38 bits per heavy atom. The highest BCUT2D eigenvalue weighted by atomic mass is 16.7. The Labute approximate surface area is 430 Å². The lowest BCUT2D eigenvalue weighted by molar-refractivity contribution is -0.301. The molecule has 0 saturated carbocycles. The molecule has 3 N–H and O–H groups in total. The van der Waals surface area contributed by atoms with Gasteiger partial charge in [-0.1, -0.05) is 197 Å². The van der Waals surface area contributed by atoms with E-state index in [0.717, 1.165) is 122 Å². The predicted octanol–water partition coefficient (Wildman–Crippen LogP) is 14.0. The predicted molar refractivity (Wildman–Crippen MR) is 285 cm³/mol. The topological polar surface area (TPSA) is 175 Å². The minimum atomic E-state index is -1.90. The van der Waals surface area contributed by atoms with Gasteiger partial charge in [0.25, 0.3) is 0 Å². The Bertz CT molecular complexity index is 1470. The fraction of sp³-hybridized carbons (Fsp3) is 0.763. The van der Waals surface area contributed by atoms with Crippen molar-refractivity contribution >= 4 is 23.9 Å². The van der Waals surface area contributed by atoms with Crippen LogP contribution in [0.5, 0.6) is 0 Å². The zero-order chi connectivity index (χ0) is 51.8. The normalized spacial score (nSPS) is 18.9. The van der Waals surface area contributed by atoms with Crippen LogP contribution in [0, 0.1) is 0 Å². The summed E-state index contributed by atoms with van der Waals surface area (Å²) in [5, 5.41) is 31.4. The van der Waals surface area contributed by atoms with Crippen LogP contribution in [0.15, 0.2) is 60.8 Å². The Kier molecular flexibility index (Phi) is 43.7. The van der Waals surface area contributed by atoms with E-state index in [9.17, 15) is 34.5 Å².